The molecule has 0 bridgehead atoms. The first kappa shape index (κ1) is 14.4. The van der Waals surface area contributed by atoms with Crippen LogP contribution in [0.4, 0.5) is 5.82 Å². The van der Waals surface area contributed by atoms with Crippen LogP contribution < -0.4 is 11.4 Å². The van der Waals surface area contributed by atoms with Crippen LogP contribution in [0, 0.1) is 0 Å². The van der Waals surface area contributed by atoms with E-state index in [4.69, 9.17) is 15.6 Å². The topological polar surface area (TPSA) is 90.4 Å². The van der Waals surface area contributed by atoms with Crippen LogP contribution in [0.1, 0.15) is 26.0 Å². The highest BCUT2D eigenvalue weighted by molar-refractivity contribution is 5.23. The maximum atomic E-state index is 11.5. The summed E-state index contributed by atoms with van der Waals surface area (Å²) < 4.78 is 6.84. The quantitative estimate of drug-likeness (QED) is 0.757. The summed E-state index contributed by atoms with van der Waals surface area (Å²) in [5.41, 5.74) is 4.96. The fraction of sp³-hybridized carbons (Fsp3) is 0.500. The van der Waals surface area contributed by atoms with Crippen molar-refractivity contribution in [3.63, 3.8) is 0 Å². The molecule has 2 atom stereocenters. The van der Waals surface area contributed by atoms with Gasteiger partial charge in [-0.05, 0) is 25.8 Å². The van der Waals surface area contributed by atoms with Gasteiger partial charge in [-0.2, -0.15) is 4.98 Å². The lowest BCUT2D eigenvalue weighted by Gasteiger charge is -2.14. The lowest BCUT2D eigenvalue weighted by Crippen LogP contribution is -2.27. The van der Waals surface area contributed by atoms with Crippen molar-refractivity contribution in [3.05, 3.63) is 35.4 Å². The number of nitrogens with zero attached hydrogens (tertiary/aromatic N) is 2. The molecule has 100 valence electrons. The molecule has 1 saturated heterocycles. The predicted octanol–water partition coefficient (Wildman–Crippen LogP) is 0.688. The van der Waals surface area contributed by atoms with Gasteiger partial charge < -0.3 is 15.6 Å². The molecule has 6 nitrogen and oxygen atoms in total. The number of rotatable bonds is 2. The number of hydrogen-bond donors (Lipinski definition) is 2. The zero-order valence-corrected chi connectivity index (χ0v) is 10.5. The smallest absolute Gasteiger partial charge is 0.351 e. The van der Waals surface area contributed by atoms with E-state index in [9.17, 15) is 4.79 Å². The number of nitrogen functional groups attached to an aromatic ring is 1. The molecule has 1 aromatic heterocycles. The minimum absolute atomic E-state index is 0.0202. The number of anilines is 1. The van der Waals surface area contributed by atoms with E-state index in [1.165, 1.54) is 4.57 Å². The molecule has 0 radical (unpaired) electrons. The molecule has 1 aliphatic heterocycles. The van der Waals surface area contributed by atoms with E-state index in [0.29, 0.717) is 6.42 Å². The zero-order valence-electron chi connectivity index (χ0n) is 10.5. The van der Waals surface area contributed by atoms with Gasteiger partial charge in [0.2, 0.25) is 0 Å². The molecule has 6 heteroatoms. The Morgan fingerprint density at radius 3 is 2.89 bits per heavy atom. The van der Waals surface area contributed by atoms with Crippen molar-refractivity contribution in [1.29, 1.82) is 0 Å². The van der Waals surface area contributed by atoms with E-state index in [1.807, 2.05) is 6.92 Å². The third kappa shape index (κ3) is 3.68. The second kappa shape index (κ2) is 6.93. The lowest BCUT2D eigenvalue weighted by molar-refractivity contribution is -0.0245. The molecule has 1 aliphatic rings. The van der Waals surface area contributed by atoms with Gasteiger partial charge in [-0.15, -0.1) is 6.58 Å². The second-order valence-corrected chi connectivity index (χ2v) is 3.92. The van der Waals surface area contributed by atoms with E-state index >= 15 is 0 Å². The van der Waals surface area contributed by atoms with Crippen molar-refractivity contribution >= 4 is 5.82 Å². The number of allylic oxidation sites excluding steroid dienone is 1. The van der Waals surface area contributed by atoms with Crippen molar-refractivity contribution < 1.29 is 9.84 Å². The Bertz CT molecular complexity index is 444. The molecule has 0 spiro atoms. The fourth-order valence-corrected chi connectivity index (χ4v) is 1.67. The number of ether oxygens (including phenoxy) is 1. The average Bonchev–Trinajstić information content (AvgIpc) is 2.78. The van der Waals surface area contributed by atoms with Crippen LogP contribution in [0.3, 0.4) is 0 Å². The van der Waals surface area contributed by atoms with Crippen LogP contribution >= 0.6 is 0 Å². The summed E-state index contributed by atoms with van der Waals surface area (Å²) in [7, 11) is 0. The van der Waals surface area contributed by atoms with Crippen molar-refractivity contribution in [3.8, 4) is 0 Å². The summed E-state index contributed by atoms with van der Waals surface area (Å²) in [4.78, 5) is 15.1. The molecule has 1 aromatic rings. The van der Waals surface area contributed by atoms with E-state index < -0.39 is 5.69 Å². The minimum Gasteiger partial charge on any atom is -0.394 e. The van der Waals surface area contributed by atoms with E-state index in [2.05, 4.69) is 11.6 Å². The second-order valence-electron chi connectivity index (χ2n) is 3.92. The number of aromatic nitrogens is 2. The average molecular weight is 253 g/mol. The molecule has 0 aromatic carbocycles. The summed E-state index contributed by atoms with van der Waals surface area (Å²) in [6, 6.07) is 1.55. The van der Waals surface area contributed by atoms with Gasteiger partial charge in [0.15, 0.2) is 0 Å². The number of hydrogen-bond acceptors (Lipinski definition) is 5. The normalized spacial score (nSPS) is 22.1. The summed E-state index contributed by atoms with van der Waals surface area (Å²) >= 11 is 0. The van der Waals surface area contributed by atoms with E-state index in [0.717, 1.165) is 6.42 Å². The molecule has 2 unspecified atom stereocenters. The van der Waals surface area contributed by atoms with Crippen LogP contribution in [0.2, 0.25) is 0 Å². The van der Waals surface area contributed by atoms with Gasteiger partial charge >= 0.3 is 5.69 Å². The van der Waals surface area contributed by atoms with Crippen molar-refractivity contribution in [2.24, 2.45) is 0 Å². The Kier molecular flexibility index (Phi) is 5.54. The first-order valence-corrected chi connectivity index (χ1v) is 5.80. The molecule has 3 N–H and O–H groups in total. The number of aliphatic hydroxyl groups is 1. The number of nitrogens with two attached hydrogens (primary N) is 1. The van der Waals surface area contributed by atoms with Crippen LogP contribution in [-0.4, -0.2) is 27.4 Å². The molecule has 18 heavy (non-hydrogen) atoms. The number of aliphatic hydroxyl groups excluding tert-OH is 1. The van der Waals surface area contributed by atoms with Gasteiger partial charge in [-0.25, -0.2) is 4.79 Å². The molecule has 1 fully saturated rings. The van der Waals surface area contributed by atoms with Crippen LogP contribution in [0.25, 0.3) is 0 Å². The lowest BCUT2D eigenvalue weighted by atomic mass is 10.2. The molecule has 2 heterocycles. The Morgan fingerprint density at radius 2 is 2.39 bits per heavy atom. The van der Waals surface area contributed by atoms with Gasteiger partial charge in [0.05, 0.1) is 12.7 Å². The highest BCUT2D eigenvalue weighted by Gasteiger charge is 2.26. The maximum Gasteiger partial charge on any atom is 0.351 e. The predicted molar refractivity (Wildman–Crippen MR) is 69.0 cm³/mol. The first-order valence-electron chi connectivity index (χ1n) is 5.80. The molecular formula is C12H19N3O3. The van der Waals surface area contributed by atoms with E-state index in [1.54, 1.807) is 18.3 Å². The summed E-state index contributed by atoms with van der Waals surface area (Å²) in [6.45, 7) is 5.23. The standard InChI is InChI=1S/C9H13N3O3.C3H6/c10-7-3-4-12(9(14)11-7)8-2-1-6(5-13)15-8;1-3-2/h3-4,6,8,13H,1-2,5H2,(H2,10,11,14);3H,1H2,2H3. The Balaban J connectivity index is 0.000000492. The fourth-order valence-electron chi connectivity index (χ4n) is 1.67. The summed E-state index contributed by atoms with van der Waals surface area (Å²) in [6.07, 6.45) is 4.26. The van der Waals surface area contributed by atoms with Crippen molar-refractivity contribution in [2.75, 3.05) is 12.3 Å². The largest absolute Gasteiger partial charge is 0.394 e. The maximum absolute atomic E-state index is 11.5. The van der Waals surface area contributed by atoms with E-state index in [-0.39, 0.29) is 24.8 Å². The van der Waals surface area contributed by atoms with Gasteiger partial charge in [-0.1, -0.05) is 6.08 Å². The van der Waals surface area contributed by atoms with Gasteiger partial charge in [-0.3, -0.25) is 4.57 Å². The molecule has 0 amide bonds. The highest BCUT2D eigenvalue weighted by Crippen LogP contribution is 2.26. The van der Waals surface area contributed by atoms with Crippen LogP contribution in [0.15, 0.2) is 29.7 Å². The third-order valence-electron chi connectivity index (χ3n) is 2.45. The zero-order chi connectivity index (χ0) is 13.5. The first-order chi connectivity index (χ1) is 8.62. The summed E-state index contributed by atoms with van der Waals surface area (Å²) in [5.74, 6) is 0.202. The van der Waals surface area contributed by atoms with Crippen LogP contribution in [0.5, 0.6) is 0 Å². The van der Waals surface area contributed by atoms with Crippen LogP contribution in [-0.2, 0) is 4.74 Å². The molecule has 0 saturated carbocycles. The minimum atomic E-state index is -0.418. The summed E-state index contributed by atoms with van der Waals surface area (Å²) in [5, 5.41) is 8.90. The third-order valence-corrected chi connectivity index (χ3v) is 2.45. The highest BCUT2D eigenvalue weighted by atomic mass is 16.5. The molecule has 0 aliphatic carbocycles. The van der Waals surface area contributed by atoms with Crippen molar-refractivity contribution in [1.82, 2.24) is 9.55 Å². The van der Waals surface area contributed by atoms with Gasteiger partial charge in [0, 0.05) is 6.20 Å². The SMILES string of the molecule is C=CC.Nc1ccn(C2CCC(CO)O2)c(=O)n1. The Labute approximate surface area is 106 Å². The van der Waals surface area contributed by atoms with Crippen molar-refractivity contribution in [2.45, 2.75) is 32.1 Å². The Morgan fingerprint density at radius 1 is 1.72 bits per heavy atom. The molecule has 2 rings (SSSR count). The monoisotopic (exact) mass is 253 g/mol. The Hall–Kier alpha value is -1.66. The van der Waals surface area contributed by atoms with Gasteiger partial charge in [0.25, 0.3) is 0 Å². The van der Waals surface area contributed by atoms with Gasteiger partial charge in [0.1, 0.15) is 12.0 Å². The molecular weight excluding hydrogens is 234 g/mol.